The van der Waals surface area contributed by atoms with E-state index in [0.717, 1.165) is 17.9 Å². The van der Waals surface area contributed by atoms with E-state index in [1.54, 1.807) is 23.9 Å². The molecule has 7 rings (SSSR count). The Hall–Kier alpha value is -4.58. The van der Waals surface area contributed by atoms with Crippen molar-refractivity contribution in [3.63, 3.8) is 0 Å². The van der Waals surface area contributed by atoms with Crippen molar-refractivity contribution in [3.05, 3.63) is 106 Å². The molecule has 3 atom stereocenters. The first-order valence-corrected chi connectivity index (χ1v) is 21.0. The number of hydrogen-bond donors (Lipinski definition) is 1. The van der Waals surface area contributed by atoms with Crippen molar-refractivity contribution < 1.29 is 54.6 Å². The SMILES string of the molecule is CN(CCCN(C)C(=O)C1CCNC1)C(=O)CO[C@H]1Cc2ccccc2C12CCN(CC[C@@]1(c3ccc(F)cc3)CN(C(=O)c3cc(C(F)(F)F)cc(C(F)(F)F)c3)CO1)CC2. The van der Waals surface area contributed by atoms with E-state index in [9.17, 15) is 45.1 Å². The van der Waals surface area contributed by atoms with Crippen LogP contribution in [-0.2, 0) is 48.9 Å². The predicted octanol–water partition coefficient (Wildman–Crippen LogP) is 6.47. The van der Waals surface area contributed by atoms with Crippen LogP contribution in [0.25, 0.3) is 0 Å². The maximum absolute atomic E-state index is 14.1. The van der Waals surface area contributed by atoms with Gasteiger partial charge < -0.3 is 34.4 Å². The molecule has 10 nitrogen and oxygen atoms in total. The minimum absolute atomic E-state index is 0.00226. The molecular weight excluding hydrogens is 824 g/mol. The lowest BCUT2D eigenvalue weighted by Crippen LogP contribution is -2.50. The zero-order chi connectivity index (χ0) is 44.5. The topological polar surface area (TPSA) is 94.7 Å². The van der Waals surface area contributed by atoms with Crippen molar-refractivity contribution in [1.29, 1.82) is 0 Å². The lowest BCUT2D eigenvalue weighted by molar-refractivity contribution is -0.143. The molecule has 3 fully saturated rings. The smallest absolute Gasteiger partial charge is 0.367 e. The first-order chi connectivity index (χ1) is 29.4. The van der Waals surface area contributed by atoms with Crippen molar-refractivity contribution in [2.24, 2.45) is 5.92 Å². The van der Waals surface area contributed by atoms with Crippen molar-refractivity contribution in [3.8, 4) is 0 Å². The molecule has 17 heteroatoms. The highest BCUT2D eigenvalue weighted by atomic mass is 19.4. The van der Waals surface area contributed by atoms with Gasteiger partial charge in [0, 0.05) is 51.3 Å². The molecule has 336 valence electrons. The van der Waals surface area contributed by atoms with Gasteiger partial charge in [0.1, 0.15) is 24.8 Å². The van der Waals surface area contributed by atoms with Crippen molar-refractivity contribution in [1.82, 2.24) is 24.9 Å². The van der Waals surface area contributed by atoms with E-state index < -0.39 is 53.1 Å². The summed E-state index contributed by atoms with van der Waals surface area (Å²) in [5.74, 6) is -1.61. The van der Waals surface area contributed by atoms with Crippen LogP contribution in [0.1, 0.15) is 70.3 Å². The summed E-state index contributed by atoms with van der Waals surface area (Å²) in [6.45, 7) is 3.60. The van der Waals surface area contributed by atoms with Gasteiger partial charge in [-0.2, -0.15) is 26.3 Å². The number of hydrogen-bond acceptors (Lipinski definition) is 7. The van der Waals surface area contributed by atoms with Crippen LogP contribution in [0.3, 0.4) is 0 Å². The first kappa shape index (κ1) is 45.4. The fourth-order valence-electron chi connectivity index (χ4n) is 9.53. The molecule has 0 aromatic heterocycles. The lowest BCUT2D eigenvalue weighted by Gasteiger charge is -2.44. The largest absolute Gasteiger partial charge is 0.416 e. The summed E-state index contributed by atoms with van der Waals surface area (Å²) in [5.41, 5.74) is -2.69. The number of nitrogens with one attached hydrogen (secondary N) is 1. The number of benzene rings is 3. The highest BCUT2D eigenvalue weighted by Crippen LogP contribution is 2.48. The highest BCUT2D eigenvalue weighted by molar-refractivity contribution is 5.95. The molecule has 3 saturated heterocycles. The standard InChI is InChI=1S/C45H52F7N5O5/c1-54(17-5-18-55(2)40(59)31-12-16-53-26-31)39(58)27-61-38-24-30-6-3-4-7-37(30)42(38)13-19-56(20-14-42)21-15-43(33-8-10-36(46)11-9-33)28-57(29-62-43)41(60)32-22-34(44(47,48)49)25-35(23-32)45(50,51)52/h3-4,6-11,22-23,25,31,38,53H,5,12-21,24,26-29H2,1-2H3/t31?,38-,43-/m0/s1. The number of nitrogens with zero attached hydrogens (tertiary/aromatic N) is 4. The van der Waals surface area contributed by atoms with Gasteiger partial charge in [0.25, 0.3) is 5.91 Å². The maximum Gasteiger partial charge on any atom is 0.416 e. The number of likely N-dealkylation sites (tertiary alicyclic amines) is 1. The number of alkyl halides is 6. The van der Waals surface area contributed by atoms with E-state index in [1.807, 2.05) is 12.1 Å². The fraction of sp³-hybridized carbons (Fsp3) is 0.533. The van der Waals surface area contributed by atoms with Crippen LogP contribution in [0.15, 0.2) is 66.7 Å². The average molecular weight is 876 g/mol. The quantitative estimate of drug-likeness (QED) is 0.197. The van der Waals surface area contributed by atoms with Gasteiger partial charge in [0.15, 0.2) is 0 Å². The molecule has 3 aromatic carbocycles. The highest BCUT2D eigenvalue weighted by Gasteiger charge is 2.50. The molecule has 62 heavy (non-hydrogen) atoms. The third-order valence-electron chi connectivity index (χ3n) is 13.2. The second-order valence-electron chi connectivity index (χ2n) is 17.1. The van der Waals surface area contributed by atoms with E-state index in [1.165, 1.54) is 35.4 Å². The Morgan fingerprint density at radius 2 is 1.56 bits per heavy atom. The van der Waals surface area contributed by atoms with Crippen LogP contribution in [-0.4, -0.2) is 123 Å². The predicted molar refractivity (Wildman–Crippen MR) is 214 cm³/mol. The summed E-state index contributed by atoms with van der Waals surface area (Å²) >= 11 is 0. The van der Waals surface area contributed by atoms with Crippen LogP contribution in [0.2, 0.25) is 0 Å². The summed E-state index contributed by atoms with van der Waals surface area (Å²) in [6, 6.07) is 14.5. The summed E-state index contributed by atoms with van der Waals surface area (Å²) in [6.07, 6.45) is -6.68. The molecule has 0 saturated carbocycles. The summed E-state index contributed by atoms with van der Waals surface area (Å²) in [7, 11) is 3.54. The Bertz CT molecular complexity index is 2050. The number of rotatable bonds is 13. The minimum atomic E-state index is -5.13. The molecular formula is C45H52F7N5O5. The van der Waals surface area contributed by atoms with Gasteiger partial charge in [-0.05, 0) is 105 Å². The molecule has 0 bridgehead atoms. The maximum atomic E-state index is 14.1. The Kier molecular flexibility index (Phi) is 13.4. The number of carbonyl (C=O) groups is 3. The van der Waals surface area contributed by atoms with Crippen molar-refractivity contribution in [2.75, 3.05) is 79.8 Å². The lowest BCUT2D eigenvalue weighted by atomic mass is 9.72. The Morgan fingerprint density at radius 1 is 0.903 bits per heavy atom. The Morgan fingerprint density at radius 3 is 2.21 bits per heavy atom. The van der Waals surface area contributed by atoms with Gasteiger partial charge in [0.05, 0.1) is 29.7 Å². The van der Waals surface area contributed by atoms with Crippen molar-refractivity contribution in [2.45, 2.75) is 68.0 Å². The molecule has 3 aromatic rings. The molecule has 1 N–H and O–H groups in total. The Balaban J connectivity index is 0.989. The van der Waals surface area contributed by atoms with Crippen LogP contribution in [0.5, 0.6) is 0 Å². The van der Waals surface area contributed by atoms with Gasteiger partial charge in [-0.15, -0.1) is 0 Å². The molecule has 1 aliphatic carbocycles. The van der Waals surface area contributed by atoms with Gasteiger partial charge in [-0.3, -0.25) is 14.4 Å². The zero-order valence-corrected chi connectivity index (χ0v) is 34.8. The van der Waals surface area contributed by atoms with E-state index in [4.69, 9.17) is 9.47 Å². The third kappa shape index (κ3) is 9.80. The van der Waals surface area contributed by atoms with Crippen LogP contribution >= 0.6 is 0 Å². The van der Waals surface area contributed by atoms with Gasteiger partial charge in [-0.25, -0.2) is 4.39 Å². The number of likely N-dealkylation sites (N-methyl/N-ethyl adjacent to an activating group) is 1. The molecule has 3 aliphatic heterocycles. The van der Waals surface area contributed by atoms with Gasteiger partial charge in [-0.1, -0.05) is 36.4 Å². The third-order valence-corrected chi connectivity index (χ3v) is 13.2. The van der Waals surface area contributed by atoms with Crippen LogP contribution in [0, 0.1) is 11.7 Å². The first-order valence-electron chi connectivity index (χ1n) is 21.0. The molecule has 3 amide bonds. The zero-order valence-electron chi connectivity index (χ0n) is 34.8. The van der Waals surface area contributed by atoms with Crippen LogP contribution in [0.4, 0.5) is 30.7 Å². The normalized spacial score (nSPS) is 22.6. The number of carbonyl (C=O) groups excluding carboxylic acids is 3. The molecule has 1 spiro atoms. The summed E-state index contributed by atoms with van der Waals surface area (Å²) in [5, 5.41) is 3.22. The molecule has 1 unspecified atom stereocenters. The summed E-state index contributed by atoms with van der Waals surface area (Å²) < 4.78 is 109. The van der Waals surface area contributed by atoms with Crippen molar-refractivity contribution >= 4 is 17.7 Å². The second kappa shape index (κ2) is 18.3. The second-order valence-corrected chi connectivity index (χ2v) is 17.1. The van der Waals surface area contributed by atoms with E-state index in [2.05, 4.69) is 22.3 Å². The monoisotopic (exact) mass is 875 g/mol. The molecule has 4 aliphatic rings. The van der Waals surface area contributed by atoms with E-state index in [-0.39, 0.29) is 54.9 Å². The number of ether oxygens (including phenoxy) is 2. The van der Waals surface area contributed by atoms with E-state index >= 15 is 0 Å². The minimum Gasteiger partial charge on any atom is -0.367 e. The van der Waals surface area contributed by atoms with Gasteiger partial charge in [0.2, 0.25) is 11.8 Å². The molecule has 3 heterocycles. The number of amides is 3. The fourth-order valence-corrected chi connectivity index (χ4v) is 9.53. The average Bonchev–Trinajstić information content (AvgIpc) is 4.01. The Labute approximate surface area is 356 Å². The van der Waals surface area contributed by atoms with Crippen LogP contribution < -0.4 is 5.32 Å². The number of halogens is 7. The van der Waals surface area contributed by atoms with E-state index in [0.29, 0.717) is 82.6 Å². The summed E-state index contributed by atoms with van der Waals surface area (Å²) in [4.78, 5) is 46.3. The number of piperidine rings is 1. The molecule has 0 radical (unpaired) electrons. The van der Waals surface area contributed by atoms with Gasteiger partial charge >= 0.3 is 12.4 Å². The number of fused-ring (bicyclic) bond motifs is 2.